The number of nitrogens with one attached hydrogen (secondary N) is 1. The van der Waals surface area contributed by atoms with Gasteiger partial charge in [0.15, 0.2) is 6.61 Å². The van der Waals surface area contributed by atoms with Crippen molar-refractivity contribution < 1.29 is 27.5 Å². The molecule has 2 rings (SSSR count). The van der Waals surface area contributed by atoms with Crippen LogP contribution in [0.2, 0.25) is 0 Å². The van der Waals surface area contributed by atoms with E-state index in [0.717, 1.165) is 17.7 Å². The van der Waals surface area contributed by atoms with Gasteiger partial charge in [-0.2, -0.15) is 13.2 Å². The predicted octanol–water partition coefficient (Wildman–Crippen LogP) is 3.49. The summed E-state index contributed by atoms with van der Waals surface area (Å²) in [5, 5.41) is 2.48. The van der Waals surface area contributed by atoms with Gasteiger partial charge in [-0.1, -0.05) is 29.8 Å². The number of alkyl halides is 3. The van der Waals surface area contributed by atoms with Crippen LogP contribution in [0.25, 0.3) is 0 Å². The number of carbonyl (C=O) groups excluding carboxylic acids is 2. The number of hydrogen-bond donors (Lipinski definition) is 1. The van der Waals surface area contributed by atoms with Crippen LogP contribution < -0.4 is 5.32 Å². The number of aryl methyl sites for hydroxylation is 1. The molecule has 0 unspecified atom stereocenters. The van der Waals surface area contributed by atoms with Gasteiger partial charge in [-0.25, -0.2) is 4.79 Å². The summed E-state index contributed by atoms with van der Waals surface area (Å²) in [6, 6.07) is 11.2. The van der Waals surface area contributed by atoms with Gasteiger partial charge in [0.2, 0.25) is 0 Å². The standard InChI is InChI=1S/C18H16F3NO3/c1-12-3-2-4-14(9-12)17(24)25-11-16(23)22-10-13-5-7-15(8-6-13)18(19,20)21/h2-9H,10-11H2,1H3,(H,22,23). The maximum atomic E-state index is 12.5. The van der Waals surface area contributed by atoms with Gasteiger partial charge < -0.3 is 10.1 Å². The summed E-state index contributed by atoms with van der Waals surface area (Å²) in [6.07, 6.45) is -4.40. The molecule has 1 amide bonds. The molecule has 7 heteroatoms. The Kier molecular flexibility index (Phi) is 5.80. The van der Waals surface area contributed by atoms with Gasteiger partial charge in [-0.3, -0.25) is 4.79 Å². The van der Waals surface area contributed by atoms with Crippen molar-refractivity contribution in [2.45, 2.75) is 19.6 Å². The van der Waals surface area contributed by atoms with E-state index in [1.54, 1.807) is 18.2 Å². The molecule has 1 N–H and O–H groups in total. The van der Waals surface area contributed by atoms with E-state index in [2.05, 4.69) is 5.32 Å². The van der Waals surface area contributed by atoms with E-state index in [9.17, 15) is 22.8 Å². The van der Waals surface area contributed by atoms with Gasteiger partial charge in [-0.05, 0) is 36.8 Å². The van der Waals surface area contributed by atoms with Crippen molar-refractivity contribution in [2.24, 2.45) is 0 Å². The third-order valence-electron chi connectivity index (χ3n) is 3.36. The van der Waals surface area contributed by atoms with Crippen LogP contribution in [0.5, 0.6) is 0 Å². The number of ether oxygens (including phenoxy) is 1. The van der Waals surface area contributed by atoms with E-state index in [0.29, 0.717) is 11.1 Å². The maximum absolute atomic E-state index is 12.5. The SMILES string of the molecule is Cc1cccc(C(=O)OCC(=O)NCc2ccc(C(F)(F)F)cc2)c1. The van der Waals surface area contributed by atoms with E-state index in [4.69, 9.17) is 4.74 Å². The second-order valence-corrected chi connectivity index (χ2v) is 5.42. The topological polar surface area (TPSA) is 55.4 Å². The Bertz CT molecular complexity index is 755. The molecule has 0 fully saturated rings. The quantitative estimate of drug-likeness (QED) is 0.839. The monoisotopic (exact) mass is 351 g/mol. The fourth-order valence-electron chi connectivity index (χ4n) is 2.05. The molecule has 0 spiro atoms. The zero-order chi connectivity index (χ0) is 18.4. The highest BCUT2D eigenvalue weighted by Crippen LogP contribution is 2.29. The zero-order valence-electron chi connectivity index (χ0n) is 13.4. The first-order valence-electron chi connectivity index (χ1n) is 7.42. The molecule has 0 bridgehead atoms. The predicted molar refractivity (Wildman–Crippen MR) is 84.8 cm³/mol. The molecule has 0 saturated heterocycles. The molecule has 2 aromatic rings. The fourth-order valence-corrected chi connectivity index (χ4v) is 2.05. The number of carbonyl (C=O) groups is 2. The molecule has 0 radical (unpaired) electrons. The van der Waals surface area contributed by atoms with Gasteiger partial charge in [0.1, 0.15) is 0 Å². The van der Waals surface area contributed by atoms with E-state index >= 15 is 0 Å². The highest BCUT2D eigenvalue weighted by atomic mass is 19.4. The van der Waals surface area contributed by atoms with Gasteiger partial charge in [0.05, 0.1) is 11.1 Å². The molecular weight excluding hydrogens is 335 g/mol. The Morgan fingerprint density at radius 1 is 1.08 bits per heavy atom. The van der Waals surface area contributed by atoms with Crippen LogP contribution in [0.15, 0.2) is 48.5 Å². The van der Waals surface area contributed by atoms with Gasteiger partial charge >= 0.3 is 12.1 Å². The summed E-state index contributed by atoms with van der Waals surface area (Å²) in [5.41, 5.74) is 0.984. The van der Waals surface area contributed by atoms with Crippen LogP contribution in [-0.4, -0.2) is 18.5 Å². The highest BCUT2D eigenvalue weighted by molar-refractivity contribution is 5.91. The second-order valence-electron chi connectivity index (χ2n) is 5.42. The Balaban J connectivity index is 1.80. The Hall–Kier alpha value is -2.83. The van der Waals surface area contributed by atoms with Crippen molar-refractivity contribution >= 4 is 11.9 Å². The molecule has 132 valence electrons. The van der Waals surface area contributed by atoms with E-state index in [1.165, 1.54) is 12.1 Å². The van der Waals surface area contributed by atoms with Crippen molar-refractivity contribution in [3.05, 3.63) is 70.8 Å². The first-order valence-corrected chi connectivity index (χ1v) is 7.42. The summed E-state index contributed by atoms with van der Waals surface area (Å²) in [6.45, 7) is 1.40. The summed E-state index contributed by atoms with van der Waals surface area (Å²) in [7, 11) is 0. The van der Waals surface area contributed by atoms with Crippen molar-refractivity contribution in [1.29, 1.82) is 0 Å². The van der Waals surface area contributed by atoms with E-state index < -0.39 is 30.2 Å². The number of halogens is 3. The summed E-state index contributed by atoms with van der Waals surface area (Å²) in [4.78, 5) is 23.5. The molecule has 0 aliphatic carbocycles. The average molecular weight is 351 g/mol. The van der Waals surface area contributed by atoms with E-state index in [1.807, 2.05) is 13.0 Å². The largest absolute Gasteiger partial charge is 0.452 e. The third kappa shape index (κ3) is 5.63. The van der Waals surface area contributed by atoms with Crippen molar-refractivity contribution in [2.75, 3.05) is 6.61 Å². The van der Waals surface area contributed by atoms with Gasteiger partial charge in [-0.15, -0.1) is 0 Å². The highest BCUT2D eigenvalue weighted by Gasteiger charge is 2.29. The molecule has 0 aliphatic rings. The maximum Gasteiger partial charge on any atom is 0.416 e. The van der Waals surface area contributed by atoms with Crippen LogP contribution in [0.4, 0.5) is 13.2 Å². The zero-order valence-corrected chi connectivity index (χ0v) is 13.4. The molecule has 0 aliphatic heterocycles. The Morgan fingerprint density at radius 2 is 1.76 bits per heavy atom. The first kappa shape index (κ1) is 18.5. The lowest BCUT2D eigenvalue weighted by molar-refractivity contribution is -0.137. The molecular formula is C18H16F3NO3. The summed E-state index contributed by atoms with van der Waals surface area (Å²) < 4.78 is 42.3. The average Bonchev–Trinajstić information content (AvgIpc) is 2.57. The van der Waals surface area contributed by atoms with Crippen molar-refractivity contribution in [3.63, 3.8) is 0 Å². The van der Waals surface area contributed by atoms with Crippen molar-refractivity contribution in [1.82, 2.24) is 5.32 Å². The van der Waals surface area contributed by atoms with Gasteiger partial charge in [0, 0.05) is 6.54 Å². The number of esters is 1. The van der Waals surface area contributed by atoms with Crippen LogP contribution in [0, 0.1) is 6.92 Å². The number of amides is 1. The van der Waals surface area contributed by atoms with Crippen LogP contribution in [0.1, 0.15) is 27.0 Å². The molecule has 0 saturated carbocycles. The minimum atomic E-state index is -4.40. The van der Waals surface area contributed by atoms with Crippen LogP contribution in [0.3, 0.4) is 0 Å². The molecule has 25 heavy (non-hydrogen) atoms. The second kappa shape index (κ2) is 7.83. The summed E-state index contributed by atoms with van der Waals surface area (Å²) in [5.74, 6) is -1.16. The lowest BCUT2D eigenvalue weighted by Gasteiger charge is -2.09. The molecule has 4 nitrogen and oxygen atoms in total. The summed E-state index contributed by atoms with van der Waals surface area (Å²) >= 11 is 0. The Morgan fingerprint density at radius 3 is 2.36 bits per heavy atom. The normalized spacial score (nSPS) is 11.0. The van der Waals surface area contributed by atoms with Crippen molar-refractivity contribution in [3.8, 4) is 0 Å². The molecule has 0 atom stereocenters. The van der Waals surface area contributed by atoms with E-state index in [-0.39, 0.29) is 6.54 Å². The molecule has 2 aromatic carbocycles. The van der Waals surface area contributed by atoms with Crippen LogP contribution in [-0.2, 0) is 22.3 Å². The minimum Gasteiger partial charge on any atom is -0.452 e. The molecule has 0 aromatic heterocycles. The first-order chi connectivity index (χ1) is 11.8. The lowest BCUT2D eigenvalue weighted by atomic mass is 10.1. The number of hydrogen-bond acceptors (Lipinski definition) is 3. The fraction of sp³-hybridized carbons (Fsp3) is 0.222. The van der Waals surface area contributed by atoms with Crippen LogP contribution >= 0.6 is 0 Å². The Labute approximate surface area is 142 Å². The smallest absolute Gasteiger partial charge is 0.416 e. The number of benzene rings is 2. The lowest BCUT2D eigenvalue weighted by Crippen LogP contribution is -2.28. The van der Waals surface area contributed by atoms with Gasteiger partial charge in [0.25, 0.3) is 5.91 Å². The molecule has 0 heterocycles. The number of rotatable bonds is 5. The minimum absolute atomic E-state index is 0.0406. The third-order valence-corrected chi connectivity index (χ3v) is 3.36.